The highest BCUT2D eigenvalue weighted by Gasteiger charge is 2.08. The van der Waals surface area contributed by atoms with E-state index >= 15 is 0 Å². The first kappa shape index (κ1) is 16.5. The summed E-state index contributed by atoms with van der Waals surface area (Å²) in [5, 5.41) is 11.8. The largest absolute Gasteiger partial charge is 0.422 e. The number of aromatic nitrogens is 3. The quantitative estimate of drug-likeness (QED) is 0.314. The smallest absolute Gasteiger partial charge is 0.363 e. The second kappa shape index (κ2) is 7.49. The van der Waals surface area contributed by atoms with Crippen LogP contribution in [0.3, 0.4) is 0 Å². The molecule has 0 aliphatic heterocycles. The van der Waals surface area contributed by atoms with Gasteiger partial charge < -0.3 is 4.74 Å². The Kier molecular flexibility index (Phi) is 4.95. The third-order valence-electron chi connectivity index (χ3n) is 3.07. The van der Waals surface area contributed by atoms with E-state index in [0.29, 0.717) is 16.3 Å². The van der Waals surface area contributed by atoms with Gasteiger partial charge >= 0.3 is 11.7 Å². The lowest BCUT2D eigenvalue weighted by Crippen LogP contribution is -2.15. The van der Waals surface area contributed by atoms with E-state index in [2.05, 4.69) is 25.7 Å². The topological polar surface area (TPSA) is 109 Å². The number of nitrogens with zero attached hydrogens (tertiary/aromatic N) is 3. The number of aryl methyl sites for hydroxylation is 1. The van der Waals surface area contributed by atoms with Crippen molar-refractivity contribution in [3.05, 3.63) is 68.4 Å². The first-order valence-electron chi connectivity index (χ1n) is 7.20. The van der Waals surface area contributed by atoms with E-state index in [-0.39, 0.29) is 11.8 Å². The fraction of sp³-hybridized carbons (Fsp3) is 0.0625. The van der Waals surface area contributed by atoms with Crippen LogP contribution < -0.4 is 15.9 Å². The molecule has 3 rings (SSSR count). The molecule has 0 atom stereocenters. The number of thiophene rings is 1. The van der Waals surface area contributed by atoms with Gasteiger partial charge in [-0.15, -0.1) is 11.3 Å². The third-order valence-corrected chi connectivity index (χ3v) is 3.92. The number of ether oxygens (including phenoxy) is 1. The van der Waals surface area contributed by atoms with E-state index in [0.717, 1.165) is 5.56 Å². The molecule has 0 aliphatic carbocycles. The van der Waals surface area contributed by atoms with Crippen LogP contribution in [0.1, 0.15) is 20.9 Å². The second-order valence-corrected chi connectivity index (χ2v) is 5.83. The van der Waals surface area contributed by atoms with E-state index in [1.54, 1.807) is 49.5 Å². The molecule has 0 bridgehead atoms. The number of nitrogens with one attached hydrogen (secondary N) is 2. The molecule has 2 heterocycles. The molecule has 0 spiro atoms. The normalized spacial score (nSPS) is 10.8. The number of aromatic amines is 1. The van der Waals surface area contributed by atoms with E-state index < -0.39 is 5.69 Å². The molecular formula is C16H13N5O3S. The molecular weight excluding hydrogens is 342 g/mol. The van der Waals surface area contributed by atoms with Gasteiger partial charge in [0.1, 0.15) is 16.3 Å². The van der Waals surface area contributed by atoms with Gasteiger partial charge in [-0.3, -0.25) is 5.43 Å². The molecule has 0 fully saturated rings. The minimum atomic E-state index is -0.555. The lowest BCUT2D eigenvalue weighted by Gasteiger charge is -2.03. The fourth-order valence-corrected chi connectivity index (χ4v) is 2.44. The maximum atomic E-state index is 11.9. The first-order chi connectivity index (χ1) is 12.1. The van der Waals surface area contributed by atoms with Gasteiger partial charge in [0.15, 0.2) is 5.82 Å². The average Bonchev–Trinajstić information content (AvgIpc) is 3.14. The minimum Gasteiger partial charge on any atom is -0.422 e. The summed E-state index contributed by atoms with van der Waals surface area (Å²) in [5.41, 5.74) is 3.40. The molecule has 8 nitrogen and oxygen atoms in total. The van der Waals surface area contributed by atoms with Crippen LogP contribution in [0.5, 0.6) is 5.75 Å². The molecule has 0 aliphatic rings. The first-order valence-corrected chi connectivity index (χ1v) is 8.08. The number of hydrogen-bond acceptors (Lipinski definition) is 8. The Morgan fingerprint density at radius 2 is 2.12 bits per heavy atom. The third kappa shape index (κ3) is 4.36. The summed E-state index contributed by atoms with van der Waals surface area (Å²) < 4.78 is 5.27. The van der Waals surface area contributed by atoms with E-state index in [1.165, 1.54) is 11.3 Å². The Morgan fingerprint density at radius 1 is 1.32 bits per heavy atom. The fourth-order valence-electron chi connectivity index (χ4n) is 1.84. The Labute approximate surface area is 146 Å². The molecule has 9 heteroatoms. The molecule has 2 aromatic heterocycles. The molecule has 2 N–H and O–H groups in total. The van der Waals surface area contributed by atoms with Gasteiger partial charge in [0, 0.05) is 0 Å². The summed E-state index contributed by atoms with van der Waals surface area (Å²) in [4.78, 5) is 27.2. The summed E-state index contributed by atoms with van der Waals surface area (Å²) >= 11 is 1.33. The highest BCUT2D eigenvalue weighted by atomic mass is 32.1. The monoisotopic (exact) mass is 355 g/mol. The second-order valence-electron chi connectivity index (χ2n) is 4.88. The molecule has 126 valence electrons. The van der Waals surface area contributed by atoms with Crippen LogP contribution in [0, 0.1) is 6.92 Å². The molecule has 0 saturated heterocycles. The molecule has 0 amide bonds. The maximum absolute atomic E-state index is 11.9. The standard InChI is InChI=1S/C16H13N5O3S/c1-10-14(18-16(23)21-19-10)20-17-9-11-4-6-12(7-5-11)24-15(22)13-3-2-8-25-13/h2-9H,1H3,(H2,18,20,21,23)/b17-9+. The van der Waals surface area contributed by atoms with Gasteiger partial charge in [-0.2, -0.15) is 15.2 Å². The predicted octanol–water partition coefficient (Wildman–Crippen LogP) is 2.20. The Hall–Kier alpha value is -3.33. The Balaban J connectivity index is 1.61. The van der Waals surface area contributed by atoms with Crippen LogP contribution in [-0.2, 0) is 0 Å². The highest BCUT2D eigenvalue weighted by molar-refractivity contribution is 7.12. The van der Waals surface area contributed by atoms with Crippen LogP contribution in [0.15, 0.2) is 51.7 Å². The Morgan fingerprint density at radius 3 is 2.84 bits per heavy atom. The van der Waals surface area contributed by atoms with Crippen LogP contribution in [0.25, 0.3) is 0 Å². The zero-order chi connectivity index (χ0) is 17.6. The van der Waals surface area contributed by atoms with Crippen molar-refractivity contribution in [1.82, 2.24) is 15.2 Å². The van der Waals surface area contributed by atoms with Crippen LogP contribution in [-0.4, -0.2) is 27.4 Å². The number of rotatable bonds is 5. The van der Waals surface area contributed by atoms with Crippen LogP contribution >= 0.6 is 11.3 Å². The van der Waals surface area contributed by atoms with Gasteiger partial charge in [0.05, 0.1) is 6.21 Å². The SMILES string of the molecule is Cc1n[nH]c(=O)nc1N/N=C/c1ccc(OC(=O)c2cccs2)cc1. The molecule has 1 aromatic carbocycles. The number of H-pyrrole nitrogens is 1. The summed E-state index contributed by atoms with van der Waals surface area (Å²) in [6.45, 7) is 1.69. The number of benzene rings is 1. The van der Waals surface area contributed by atoms with Crippen molar-refractivity contribution in [3.8, 4) is 5.75 Å². The highest BCUT2D eigenvalue weighted by Crippen LogP contribution is 2.16. The molecule has 25 heavy (non-hydrogen) atoms. The number of anilines is 1. The lowest BCUT2D eigenvalue weighted by atomic mass is 10.2. The number of hydrazone groups is 1. The molecule has 0 unspecified atom stereocenters. The van der Waals surface area contributed by atoms with Crippen LogP contribution in [0.2, 0.25) is 0 Å². The van der Waals surface area contributed by atoms with Crippen molar-refractivity contribution in [2.45, 2.75) is 6.92 Å². The predicted molar refractivity (Wildman–Crippen MR) is 94.3 cm³/mol. The molecule has 3 aromatic rings. The number of esters is 1. The lowest BCUT2D eigenvalue weighted by molar-refractivity contribution is 0.0740. The minimum absolute atomic E-state index is 0.279. The van der Waals surface area contributed by atoms with Gasteiger partial charge in [-0.05, 0) is 48.2 Å². The number of carbonyl (C=O) groups excluding carboxylic acids is 1. The van der Waals surface area contributed by atoms with Gasteiger partial charge in [-0.1, -0.05) is 6.07 Å². The van der Waals surface area contributed by atoms with Gasteiger partial charge in [0.25, 0.3) is 0 Å². The summed E-state index contributed by atoms with van der Waals surface area (Å²) in [6, 6.07) is 10.3. The molecule has 0 saturated carbocycles. The van der Waals surface area contributed by atoms with Crippen molar-refractivity contribution in [1.29, 1.82) is 0 Å². The van der Waals surface area contributed by atoms with Crippen molar-refractivity contribution in [2.75, 3.05) is 5.43 Å². The Bertz CT molecular complexity index is 949. The van der Waals surface area contributed by atoms with Gasteiger partial charge in [-0.25, -0.2) is 14.7 Å². The maximum Gasteiger partial charge on any atom is 0.363 e. The van der Waals surface area contributed by atoms with Crippen LogP contribution in [0.4, 0.5) is 5.82 Å². The zero-order valence-electron chi connectivity index (χ0n) is 13.1. The van der Waals surface area contributed by atoms with Crippen molar-refractivity contribution >= 4 is 29.3 Å². The summed E-state index contributed by atoms with van der Waals surface area (Å²) in [7, 11) is 0. The van der Waals surface area contributed by atoms with E-state index in [1.807, 2.05) is 5.38 Å². The average molecular weight is 355 g/mol. The summed E-state index contributed by atoms with van der Waals surface area (Å²) in [5.74, 6) is 0.336. The summed E-state index contributed by atoms with van der Waals surface area (Å²) in [6.07, 6.45) is 1.55. The van der Waals surface area contributed by atoms with E-state index in [4.69, 9.17) is 4.74 Å². The zero-order valence-corrected chi connectivity index (χ0v) is 13.9. The van der Waals surface area contributed by atoms with Crippen molar-refractivity contribution in [2.24, 2.45) is 5.10 Å². The van der Waals surface area contributed by atoms with E-state index in [9.17, 15) is 9.59 Å². The van der Waals surface area contributed by atoms with Gasteiger partial charge in [0.2, 0.25) is 0 Å². The molecule has 0 radical (unpaired) electrons. The number of carbonyl (C=O) groups is 1. The van der Waals surface area contributed by atoms with Crippen molar-refractivity contribution in [3.63, 3.8) is 0 Å². The van der Waals surface area contributed by atoms with Crippen molar-refractivity contribution < 1.29 is 9.53 Å². The number of hydrogen-bond donors (Lipinski definition) is 2.